The Hall–Kier alpha value is -0.990. The molecule has 0 unspecified atom stereocenters. The molecule has 0 fully saturated rings. The molecule has 0 aliphatic rings. The monoisotopic (exact) mass is 226 g/mol. The van der Waals surface area contributed by atoms with E-state index in [1.54, 1.807) is 10.9 Å². The van der Waals surface area contributed by atoms with Gasteiger partial charge >= 0.3 is 0 Å². The highest BCUT2D eigenvalue weighted by atomic mass is 35.5. The molecule has 0 radical (unpaired) electrons. The van der Waals surface area contributed by atoms with Gasteiger partial charge in [0.1, 0.15) is 0 Å². The molecule has 0 bridgehead atoms. The topological polar surface area (TPSA) is 17.8 Å². The summed E-state index contributed by atoms with van der Waals surface area (Å²) in [5.74, 6) is 0. The molecule has 0 amide bonds. The molecule has 2 nitrogen and oxygen atoms in total. The van der Waals surface area contributed by atoms with Gasteiger partial charge in [-0.1, -0.05) is 29.3 Å². The predicted octanol–water partition coefficient (Wildman–Crippen LogP) is 3.24. The van der Waals surface area contributed by atoms with Gasteiger partial charge in [-0.3, -0.25) is 4.68 Å². The van der Waals surface area contributed by atoms with Crippen LogP contribution in [0.3, 0.4) is 0 Å². The second-order valence-electron chi connectivity index (χ2n) is 2.90. The minimum Gasteiger partial charge on any atom is -0.268 e. The van der Waals surface area contributed by atoms with Crippen LogP contribution in [0.1, 0.15) is 5.56 Å². The summed E-state index contributed by atoms with van der Waals surface area (Å²) in [5.41, 5.74) is 0.902. The van der Waals surface area contributed by atoms with Crippen LogP contribution in [0.2, 0.25) is 10.0 Å². The number of nitrogens with zero attached hydrogens (tertiary/aromatic N) is 2. The summed E-state index contributed by atoms with van der Waals surface area (Å²) in [5, 5.41) is 5.44. The summed E-state index contributed by atoms with van der Waals surface area (Å²) in [7, 11) is 0. The van der Waals surface area contributed by atoms with Crippen molar-refractivity contribution in [3.63, 3.8) is 0 Å². The van der Waals surface area contributed by atoms with Crippen LogP contribution in [0.4, 0.5) is 0 Å². The Morgan fingerprint density at radius 1 is 1.14 bits per heavy atom. The first-order chi connectivity index (χ1) is 6.77. The average molecular weight is 227 g/mol. The number of hydrogen-bond acceptors (Lipinski definition) is 1. The molecular weight excluding hydrogens is 219 g/mol. The summed E-state index contributed by atoms with van der Waals surface area (Å²) in [6.07, 6.45) is 3.60. The maximum absolute atomic E-state index is 6.02. The van der Waals surface area contributed by atoms with Gasteiger partial charge in [-0.25, -0.2) is 0 Å². The summed E-state index contributed by atoms with van der Waals surface area (Å²) in [4.78, 5) is 0. The third-order valence-electron chi connectivity index (χ3n) is 1.94. The van der Waals surface area contributed by atoms with E-state index in [-0.39, 0.29) is 0 Å². The van der Waals surface area contributed by atoms with Crippen LogP contribution in [0, 0.1) is 0 Å². The number of hydrogen-bond donors (Lipinski definition) is 0. The molecule has 14 heavy (non-hydrogen) atoms. The van der Waals surface area contributed by atoms with E-state index in [9.17, 15) is 0 Å². The smallest absolute Gasteiger partial charge is 0.0688 e. The fraction of sp³-hybridized carbons (Fsp3) is 0.100. The summed E-state index contributed by atoms with van der Waals surface area (Å²) in [6.45, 7) is 0.603. The first-order valence-electron chi connectivity index (χ1n) is 4.17. The van der Waals surface area contributed by atoms with Crippen molar-refractivity contribution in [3.05, 3.63) is 52.3 Å². The van der Waals surface area contributed by atoms with E-state index in [1.807, 2.05) is 30.5 Å². The van der Waals surface area contributed by atoms with Gasteiger partial charge in [0.25, 0.3) is 0 Å². The molecule has 0 saturated carbocycles. The Bertz CT molecular complexity index is 403. The first-order valence-corrected chi connectivity index (χ1v) is 4.93. The lowest BCUT2D eigenvalue weighted by Crippen LogP contribution is -2.01. The van der Waals surface area contributed by atoms with Crippen molar-refractivity contribution in [2.75, 3.05) is 0 Å². The van der Waals surface area contributed by atoms with Crippen LogP contribution in [0.5, 0.6) is 0 Å². The van der Waals surface area contributed by atoms with E-state index >= 15 is 0 Å². The van der Waals surface area contributed by atoms with Crippen LogP contribution in [-0.2, 0) is 6.54 Å². The van der Waals surface area contributed by atoms with Crippen LogP contribution in [-0.4, -0.2) is 9.78 Å². The fourth-order valence-electron chi connectivity index (χ4n) is 1.24. The quantitative estimate of drug-likeness (QED) is 0.769. The zero-order valence-corrected chi connectivity index (χ0v) is 8.83. The van der Waals surface area contributed by atoms with Gasteiger partial charge in [-0.05, 0) is 18.2 Å². The molecule has 0 spiro atoms. The molecule has 0 aliphatic heterocycles. The average Bonchev–Trinajstić information content (AvgIpc) is 2.64. The molecule has 1 aromatic heterocycles. The fourth-order valence-corrected chi connectivity index (χ4v) is 1.76. The van der Waals surface area contributed by atoms with Crippen LogP contribution >= 0.6 is 23.2 Å². The number of halogens is 2. The second-order valence-corrected chi connectivity index (χ2v) is 3.72. The zero-order chi connectivity index (χ0) is 9.97. The van der Waals surface area contributed by atoms with Crippen molar-refractivity contribution < 1.29 is 0 Å². The Labute approximate surface area is 92.1 Å². The van der Waals surface area contributed by atoms with Gasteiger partial charge in [0, 0.05) is 28.0 Å². The molecule has 2 rings (SSSR count). The lowest BCUT2D eigenvalue weighted by molar-refractivity contribution is 0.687. The Balaban J connectivity index is 2.33. The van der Waals surface area contributed by atoms with E-state index in [4.69, 9.17) is 23.2 Å². The minimum atomic E-state index is 0.603. The molecule has 2 aromatic rings. The maximum Gasteiger partial charge on any atom is 0.0688 e. The molecule has 0 atom stereocenters. The second kappa shape index (κ2) is 4.03. The van der Waals surface area contributed by atoms with Crippen molar-refractivity contribution in [1.29, 1.82) is 0 Å². The predicted molar refractivity (Wildman–Crippen MR) is 57.8 cm³/mol. The van der Waals surface area contributed by atoms with Crippen molar-refractivity contribution in [3.8, 4) is 0 Å². The highest BCUT2D eigenvalue weighted by Crippen LogP contribution is 2.24. The van der Waals surface area contributed by atoms with Crippen LogP contribution in [0.15, 0.2) is 36.7 Å². The number of rotatable bonds is 2. The van der Waals surface area contributed by atoms with E-state index < -0.39 is 0 Å². The van der Waals surface area contributed by atoms with E-state index in [2.05, 4.69) is 5.10 Å². The van der Waals surface area contributed by atoms with Crippen molar-refractivity contribution in [2.24, 2.45) is 0 Å². The molecule has 0 aliphatic carbocycles. The highest BCUT2D eigenvalue weighted by Gasteiger charge is 2.05. The Morgan fingerprint density at radius 3 is 2.43 bits per heavy atom. The Kier molecular flexibility index (Phi) is 2.75. The summed E-state index contributed by atoms with van der Waals surface area (Å²) >= 11 is 12.0. The van der Waals surface area contributed by atoms with Crippen LogP contribution in [0.25, 0.3) is 0 Å². The van der Waals surface area contributed by atoms with E-state index in [0.29, 0.717) is 16.6 Å². The van der Waals surface area contributed by atoms with Crippen molar-refractivity contribution in [1.82, 2.24) is 9.78 Å². The standard InChI is InChI=1S/C10H8Cl2N2/c11-9-3-1-4-10(12)8(9)7-14-6-2-5-13-14/h1-6H,7H2. The van der Waals surface area contributed by atoms with Gasteiger partial charge in [-0.15, -0.1) is 0 Å². The number of benzene rings is 1. The van der Waals surface area contributed by atoms with Gasteiger partial charge in [0.2, 0.25) is 0 Å². The van der Waals surface area contributed by atoms with Gasteiger partial charge < -0.3 is 0 Å². The largest absolute Gasteiger partial charge is 0.268 e. The van der Waals surface area contributed by atoms with Crippen molar-refractivity contribution in [2.45, 2.75) is 6.54 Å². The molecule has 1 heterocycles. The van der Waals surface area contributed by atoms with E-state index in [1.165, 1.54) is 0 Å². The third kappa shape index (κ3) is 1.91. The molecule has 4 heteroatoms. The number of aromatic nitrogens is 2. The molecule has 72 valence electrons. The molecule has 0 N–H and O–H groups in total. The van der Waals surface area contributed by atoms with Crippen molar-refractivity contribution >= 4 is 23.2 Å². The van der Waals surface area contributed by atoms with Gasteiger partial charge in [0.05, 0.1) is 6.54 Å². The lowest BCUT2D eigenvalue weighted by Gasteiger charge is -2.06. The molecular formula is C10H8Cl2N2. The SMILES string of the molecule is Clc1cccc(Cl)c1Cn1cccn1. The minimum absolute atomic E-state index is 0.603. The molecule has 0 saturated heterocycles. The Morgan fingerprint density at radius 2 is 1.86 bits per heavy atom. The normalized spacial score (nSPS) is 10.4. The zero-order valence-electron chi connectivity index (χ0n) is 7.32. The third-order valence-corrected chi connectivity index (χ3v) is 2.65. The highest BCUT2D eigenvalue weighted by molar-refractivity contribution is 6.35. The first kappa shape index (κ1) is 9.56. The maximum atomic E-state index is 6.02. The molecule has 1 aromatic carbocycles. The summed E-state index contributed by atoms with van der Waals surface area (Å²) < 4.78 is 1.78. The van der Waals surface area contributed by atoms with Gasteiger partial charge in [0.15, 0.2) is 0 Å². The van der Waals surface area contributed by atoms with Crippen LogP contribution < -0.4 is 0 Å². The lowest BCUT2D eigenvalue weighted by atomic mass is 10.2. The summed E-state index contributed by atoms with van der Waals surface area (Å²) in [6, 6.07) is 7.35. The van der Waals surface area contributed by atoms with Gasteiger partial charge in [-0.2, -0.15) is 5.10 Å². The van der Waals surface area contributed by atoms with E-state index in [0.717, 1.165) is 5.56 Å².